The molecular weight excluding hydrogens is 268 g/mol. The van der Waals surface area contributed by atoms with Gasteiger partial charge in [-0.1, -0.05) is 0 Å². The Morgan fingerprint density at radius 2 is 1.48 bits per heavy atom. The van der Waals surface area contributed by atoms with E-state index in [4.69, 9.17) is 18.9 Å². The van der Waals surface area contributed by atoms with E-state index >= 15 is 0 Å². The molecule has 122 valence electrons. The van der Waals surface area contributed by atoms with E-state index in [1.807, 2.05) is 0 Å². The number of ether oxygens (including phenoxy) is 4. The average molecular weight is 298 g/mol. The van der Waals surface area contributed by atoms with Crippen molar-refractivity contribution in [3.63, 3.8) is 0 Å². The molecule has 2 saturated carbocycles. The summed E-state index contributed by atoms with van der Waals surface area (Å²) in [4.78, 5) is 0. The molecule has 1 spiro atoms. The van der Waals surface area contributed by atoms with Crippen molar-refractivity contribution in [2.45, 2.75) is 82.6 Å². The molecular formula is C17H30O4. The van der Waals surface area contributed by atoms with Gasteiger partial charge in [0, 0.05) is 26.6 Å². The molecule has 0 amide bonds. The summed E-state index contributed by atoms with van der Waals surface area (Å²) in [6, 6.07) is 0. The highest BCUT2D eigenvalue weighted by atomic mass is 16.8. The third-order valence-corrected chi connectivity index (χ3v) is 5.94. The monoisotopic (exact) mass is 298 g/mol. The molecule has 0 aromatic heterocycles. The third-order valence-electron chi connectivity index (χ3n) is 5.94. The highest BCUT2D eigenvalue weighted by molar-refractivity contribution is 5.09. The lowest BCUT2D eigenvalue weighted by Crippen LogP contribution is -2.53. The quantitative estimate of drug-likeness (QED) is 0.799. The van der Waals surface area contributed by atoms with E-state index in [0.29, 0.717) is 5.92 Å². The van der Waals surface area contributed by atoms with Crippen molar-refractivity contribution >= 4 is 0 Å². The van der Waals surface area contributed by atoms with Gasteiger partial charge in [0.05, 0.1) is 11.2 Å². The van der Waals surface area contributed by atoms with E-state index in [-0.39, 0.29) is 12.2 Å². The summed E-state index contributed by atoms with van der Waals surface area (Å²) < 4.78 is 24.6. The maximum Gasteiger partial charge on any atom is 0.172 e. The molecule has 0 bridgehead atoms. The maximum absolute atomic E-state index is 6.57. The second-order valence-corrected chi connectivity index (χ2v) is 8.00. The van der Waals surface area contributed by atoms with Crippen LogP contribution >= 0.6 is 0 Å². The normalized spacial score (nSPS) is 38.6. The second-order valence-electron chi connectivity index (χ2n) is 8.00. The average Bonchev–Trinajstić information content (AvgIpc) is 3.14. The lowest BCUT2D eigenvalue weighted by atomic mass is 9.87. The van der Waals surface area contributed by atoms with Gasteiger partial charge in [0.25, 0.3) is 0 Å². The van der Waals surface area contributed by atoms with E-state index in [1.54, 1.807) is 14.2 Å². The van der Waals surface area contributed by atoms with E-state index < -0.39 is 17.0 Å². The van der Waals surface area contributed by atoms with Gasteiger partial charge in [0.2, 0.25) is 0 Å². The number of fused-ring (bicyclic) bond motifs is 2. The summed E-state index contributed by atoms with van der Waals surface area (Å²) in [5, 5.41) is 0. The predicted molar refractivity (Wildman–Crippen MR) is 80.1 cm³/mol. The fourth-order valence-corrected chi connectivity index (χ4v) is 4.02. The summed E-state index contributed by atoms with van der Waals surface area (Å²) >= 11 is 0. The minimum atomic E-state index is -0.399. The Balaban J connectivity index is 1.90. The van der Waals surface area contributed by atoms with Crippen molar-refractivity contribution in [3.05, 3.63) is 0 Å². The van der Waals surface area contributed by atoms with Crippen LogP contribution in [0.2, 0.25) is 0 Å². The first-order valence-corrected chi connectivity index (χ1v) is 8.22. The van der Waals surface area contributed by atoms with Crippen LogP contribution < -0.4 is 0 Å². The first-order chi connectivity index (χ1) is 9.76. The molecule has 0 unspecified atom stereocenters. The summed E-state index contributed by atoms with van der Waals surface area (Å²) in [6.07, 6.45) is 4.55. The molecule has 4 atom stereocenters. The van der Waals surface area contributed by atoms with Crippen LogP contribution in [-0.2, 0) is 18.9 Å². The molecule has 4 nitrogen and oxygen atoms in total. The van der Waals surface area contributed by atoms with Gasteiger partial charge in [-0.25, -0.2) is 0 Å². The molecule has 0 aromatic carbocycles. The molecule has 3 aliphatic rings. The van der Waals surface area contributed by atoms with Crippen molar-refractivity contribution in [2.75, 3.05) is 14.2 Å². The molecule has 2 aliphatic carbocycles. The molecule has 3 fully saturated rings. The van der Waals surface area contributed by atoms with Crippen molar-refractivity contribution in [2.24, 2.45) is 11.8 Å². The van der Waals surface area contributed by atoms with Crippen molar-refractivity contribution in [1.82, 2.24) is 0 Å². The molecule has 21 heavy (non-hydrogen) atoms. The van der Waals surface area contributed by atoms with E-state index in [1.165, 1.54) is 19.3 Å². The Morgan fingerprint density at radius 3 is 1.95 bits per heavy atom. The third kappa shape index (κ3) is 2.44. The molecule has 4 heteroatoms. The number of hydrogen-bond donors (Lipinski definition) is 0. The maximum atomic E-state index is 6.57. The van der Waals surface area contributed by atoms with Gasteiger partial charge in [0.15, 0.2) is 5.79 Å². The fraction of sp³-hybridized carbons (Fsp3) is 1.00. The molecule has 1 heterocycles. The SMILES string of the molecule is COC(C)(C)[C@H]1OC2(CCC[C@H]3C[C@H]32)O[C@@H]1C(C)(C)OC. The van der Waals surface area contributed by atoms with Crippen LogP contribution in [0, 0.1) is 11.8 Å². The van der Waals surface area contributed by atoms with Crippen molar-refractivity contribution in [1.29, 1.82) is 0 Å². The van der Waals surface area contributed by atoms with Gasteiger partial charge in [-0.15, -0.1) is 0 Å². The number of methoxy groups -OCH3 is 2. The minimum Gasteiger partial charge on any atom is -0.376 e. The smallest absolute Gasteiger partial charge is 0.172 e. The summed E-state index contributed by atoms with van der Waals surface area (Å²) in [5.74, 6) is 0.970. The lowest BCUT2D eigenvalue weighted by molar-refractivity contribution is -0.225. The van der Waals surface area contributed by atoms with E-state index in [9.17, 15) is 0 Å². The van der Waals surface area contributed by atoms with Gasteiger partial charge in [0.1, 0.15) is 12.2 Å². The first-order valence-electron chi connectivity index (χ1n) is 8.22. The zero-order valence-corrected chi connectivity index (χ0v) is 14.3. The zero-order valence-electron chi connectivity index (χ0n) is 14.3. The Hall–Kier alpha value is -0.160. The van der Waals surface area contributed by atoms with Crippen LogP contribution in [0.15, 0.2) is 0 Å². The van der Waals surface area contributed by atoms with Crippen molar-refractivity contribution in [3.8, 4) is 0 Å². The van der Waals surface area contributed by atoms with Crippen LogP contribution in [0.1, 0.15) is 53.4 Å². The molecule has 1 saturated heterocycles. The van der Waals surface area contributed by atoms with Gasteiger partial charge in [-0.3, -0.25) is 0 Å². The van der Waals surface area contributed by atoms with Crippen LogP contribution in [0.3, 0.4) is 0 Å². The fourth-order valence-electron chi connectivity index (χ4n) is 4.02. The zero-order chi connectivity index (χ0) is 15.5. The molecule has 3 rings (SSSR count). The van der Waals surface area contributed by atoms with E-state index in [0.717, 1.165) is 12.3 Å². The standard InChI is InChI=1S/C17H30O4/c1-15(2,18-5)13-14(16(3,4)19-6)21-17(20-13)9-7-8-11-10-12(11)17/h11-14H,7-10H2,1-6H3/t11-,12+,13-,14-/m0/s1. The van der Waals surface area contributed by atoms with Crippen LogP contribution in [0.5, 0.6) is 0 Å². The lowest BCUT2D eigenvalue weighted by Gasteiger charge is -2.38. The minimum absolute atomic E-state index is 0.114. The summed E-state index contributed by atoms with van der Waals surface area (Å²) in [5.41, 5.74) is -0.794. The number of hydrogen-bond acceptors (Lipinski definition) is 4. The largest absolute Gasteiger partial charge is 0.376 e. The Morgan fingerprint density at radius 1 is 0.952 bits per heavy atom. The topological polar surface area (TPSA) is 36.9 Å². The molecule has 0 radical (unpaired) electrons. The molecule has 0 aromatic rings. The molecule has 0 N–H and O–H groups in total. The predicted octanol–water partition coefficient (Wildman–Crippen LogP) is 3.14. The van der Waals surface area contributed by atoms with Crippen molar-refractivity contribution < 1.29 is 18.9 Å². The van der Waals surface area contributed by atoms with Crippen LogP contribution in [-0.4, -0.2) is 43.4 Å². The van der Waals surface area contributed by atoms with Gasteiger partial charge in [-0.2, -0.15) is 0 Å². The molecule has 1 aliphatic heterocycles. The van der Waals surface area contributed by atoms with Crippen LogP contribution in [0.4, 0.5) is 0 Å². The summed E-state index contributed by atoms with van der Waals surface area (Å²) in [7, 11) is 3.48. The van der Waals surface area contributed by atoms with Gasteiger partial charge in [-0.05, 0) is 52.9 Å². The Bertz CT molecular complexity index is 380. The highest BCUT2D eigenvalue weighted by Gasteiger charge is 2.66. The summed E-state index contributed by atoms with van der Waals surface area (Å²) in [6.45, 7) is 8.30. The first kappa shape index (κ1) is 15.7. The van der Waals surface area contributed by atoms with E-state index in [2.05, 4.69) is 27.7 Å². The second kappa shape index (κ2) is 4.92. The van der Waals surface area contributed by atoms with Gasteiger partial charge >= 0.3 is 0 Å². The van der Waals surface area contributed by atoms with Gasteiger partial charge < -0.3 is 18.9 Å². The Kier molecular flexibility index (Phi) is 3.68. The van der Waals surface area contributed by atoms with Crippen LogP contribution in [0.25, 0.3) is 0 Å². The number of rotatable bonds is 4. The highest BCUT2D eigenvalue weighted by Crippen LogP contribution is 2.61. The Labute approximate surface area is 128 Å².